The zero-order chi connectivity index (χ0) is 18.5. The number of benzene rings is 1. The van der Waals surface area contributed by atoms with E-state index in [1.54, 1.807) is 4.90 Å². The number of rotatable bonds is 3. The summed E-state index contributed by atoms with van der Waals surface area (Å²) in [4.78, 5) is 6.26. The lowest BCUT2D eigenvalue weighted by Crippen LogP contribution is -2.38. The van der Waals surface area contributed by atoms with Crippen molar-refractivity contribution in [2.24, 2.45) is 0 Å². The molecule has 2 N–H and O–H groups in total. The van der Waals surface area contributed by atoms with Crippen LogP contribution in [0.3, 0.4) is 0 Å². The lowest BCUT2D eigenvalue weighted by Gasteiger charge is -2.24. The van der Waals surface area contributed by atoms with E-state index >= 15 is 0 Å². The van der Waals surface area contributed by atoms with Crippen LogP contribution in [0.1, 0.15) is 11.4 Å². The van der Waals surface area contributed by atoms with Crippen molar-refractivity contribution in [2.75, 3.05) is 18.1 Å². The zero-order valence-electron chi connectivity index (χ0n) is 13.6. The van der Waals surface area contributed by atoms with Crippen molar-refractivity contribution in [2.45, 2.75) is 12.5 Å². The Hall–Kier alpha value is -1.71. The fraction of sp³-hybridized carbons (Fsp3) is 0.294. The predicted molar refractivity (Wildman–Crippen MR) is 106 cm³/mol. The van der Waals surface area contributed by atoms with Gasteiger partial charge in [-0.25, -0.2) is 13.4 Å². The van der Waals surface area contributed by atoms with Gasteiger partial charge in [0.15, 0.2) is 9.84 Å². The number of halogens is 1. The Morgan fingerprint density at radius 3 is 2.69 bits per heavy atom. The highest BCUT2D eigenvalue weighted by Gasteiger charge is 2.39. The van der Waals surface area contributed by atoms with Crippen LogP contribution in [0.5, 0.6) is 0 Å². The van der Waals surface area contributed by atoms with E-state index in [1.807, 2.05) is 29.6 Å². The van der Waals surface area contributed by atoms with E-state index in [2.05, 4.69) is 20.9 Å². The van der Waals surface area contributed by atoms with Crippen LogP contribution in [0.15, 0.2) is 39.9 Å². The molecule has 9 heteroatoms. The van der Waals surface area contributed by atoms with Crippen LogP contribution in [-0.4, -0.2) is 53.3 Å². The second kappa shape index (κ2) is 6.47. The van der Waals surface area contributed by atoms with Crippen molar-refractivity contribution in [3.63, 3.8) is 0 Å². The zero-order valence-corrected chi connectivity index (χ0v) is 16.9. The molecule has 1 aromatic carbocycles. The highest BCUT2D eigenvalue weighted by atomic mass is 79.9. The molecule has 2 aliphatic heterocycles. The maximum absolute atomic E-state index is 11.7. The van der Waals surface area contributed by atoms with Crippen molar-refractivity contribution in [1.82, 2.24) is 9.88 Å². The quantitative estimate of drug-likeness (QED) is 0.742. The molecule has 2 aliphatic rings. The summed E-state index contributed by atoms with van der Waals surface area (Å²) in [6.45, 7) is 0.168. The number of amidine groups is 1. The Balaban J connectivity index is 1.59. The van der Waals surface area contributed by atoms with Crippen molar-refractivity contribution in [3.8, 4) is 11.3 Å². The van der Waals surface area contributed by atoms with Gasteiger partial charge >= 0.3 is 0 Å². The van der Waals surface area contributed by atoms with Crippen LogP contribution in [0.25, 0.3) is 16.8 Å². The molecule has 0 aliphatic carbocycles. The Kier molecular flexibility index (Phi) is 4.40. The fourth-order valence-corrected chi connectivity index (χ4v) is 6.19. The van der Waals surface area contributed by atoms with E-state index in [0.29, 0.717) is 17.0 Å². The molecule has 6 nitrogen and oxygen atoms in total. The molecule has 2 aromatic rings. The van der Waals surface area contributed by atoms with Crippen molar-refractivity contribution in [3.05, 3.63) is 44.9 Å². The maximum Gasteiger partial charge on any atom is 0.152 e. The molecule has 3 heterocycles. The monoisotopic (exact) mass is 453 g/mol. The minimum absolute atomic E-state index is 0.0396. The number of sulfone groups is 1. The van der Waals surface area contributed by atoms with Gasteiger partial charge in [0.1, 0.15) is 16.6 Å². The first-order valence-electron chi connectivity index (χ1n) is 8.04. The van der Waals surface area contributed by atoms with Gasteiger partial charge in [-0.15, -0.1) is 11.3 Å². The third-order valence-electron chi connectivity index (χ3n) is 4.64. The molecular weight excluding hydrogens is 438 g/mol. The highest BCUT2D eigenvalue weighted by molar-refractivity contribution is 9.10. The number of aliphatic hydroxyl groups is 1. The minimum Gasteiger partial charge on any atom is -0.510 e. The van der Waals surface area contributed by atoms with Gasteiger partial charge in [0.05, 0.1) is 29.3 Å². The molecule has 26 heavy (non-hydrogen) atoms. The molecule has 1 saturated heterocycles. The average molecular weight is 454 g/mol. The van der Waals surface area contributed by atoms with E-state index in [0.717, 1.165) is 15.7 Å². The number of hydrogen-bond acceptors (Lipinski definition) is 6. The number of thiazole rings is 1. The molecule has 0 bridgehead atoms. The van der Waals surface area contributed by atoms with Gasteiger partial charge in [0.2, 0.25) is 0 Å². The van der Waals surface area contributed by atoms with Crippen LogP contribution in [-0.2, 0) is 9.84 Å². The van der Waals surface area contributed by atoms with E-state index in [-0.39, 0.29) is 35.7 Å². The van der Waals surface area contributed by atoms with Gasteiger partial charge in [-0.3, -0.25) is 5.41 Å². The summed E-state index contributed by atoms with van der Waals surface area (Å²) >= 11 is 4.78. The van der Waals surface area contributed by atoms with Gasteiger partial charge in [0, 0.05) is 21.5 Å². The van der Waals surface area contributed by atoms with Crippen LogP contribution >= 0.6 is 27.3 Å². The molecular formula is C17H16BrN3O3S2. The number of aliphatic hydroxyl groups excluding tert-OH is 1. The van der Waals surface area contributed by atoms with Gasteiger partial charge in [-0.1, -0.05) is 28.1 Å². The summed E-state index contributed by atoms with van der Waals surface area (Å²) in [6, 6.07) is 7.52. The van der Waals surface area contributed by atoms with Gasteiger partial charge < -0.3 is 10.0 Å². The van der Waals surface area contributed by atoms with E-state index in [9.17, 15) is 13.5 Å². The summed E-state index contributed by atoms with van der Waals surface area (Å²) in [6.07, 6.45) is 0.493. The Morgan fingerprint density at radius 1 is 1.31 bits per heavy atom. The molecule has 0 spiro atoms. The number of hydrogen-bond donors (Lipinski definition) is 2. The third kappa shape index (κ3) is 3.19. The molecule has 1 atom stereocenters. The van der Waals surface area contributed by atoms with Crippen molar-refractivity contribution >= 4 is 48.5 Å². The summed E-state index contributed by atoms with van der Waals surface area (Å²) in [7, 11) is -3.05. The Bertz CT molecular complexity index is 1010. The van der Waals surface area contributed by atoms with Crippen molar-refractivity contribution in [1.29, 1.82) is 5.41 Å². The van der Waals surface area contributed by atoms with Gasteiger partial charge in [0.25, 0.3) is 0 Å². The molecule has 0 saturated carbocycles. The van der Waals surface area contributed by atoms with Crippen LogP contribution in [0, 0.1) is 5.41 Å². The Labute approximate surface area is 163 Å². The first-order valence-corrected chi connectivity index (χ1v) is 11.5. The molecule has 0 amide bonds. The van der Waals surface area contributed by atoms with E-state index < -0.39 is 9.84 Å². The van der Waals surface area contributed by atoms with Crippen molar-refractivity contribution < 1.29 is 13.5 Å². The number of aromatic nitrogens is 1. The highest BCUT2D eigenvalue weighted by Crippen LogP contribution is 2.34. The summed E-state index contributed by atoms with van der Waals surface area (Å²) in [5.74, 6) is 0.415. The molecule has 136 valence electrons. The minimum atomic E-state index is -3.05. The lowest BCUT2D eigenvalue weighted by atomic mass is 10.2. The fourth-order valence-electron chi connectivity index (χ4n) is 3.30. The number of nitrogens with zero attached hydrogens (tertiary/aromatic N) is 2. The largest absolute Gasteiger partial charge is 0.510 e. The predicted octanol–water partition coefficient (Wildman–Crippen LogP) is 3.32. The molecule has 1 aromatic heterocycles. The average Bonchev–Trinajstić information content (AvgIpc) is 3.26. The normalized spacial score (nSPS) is 22.4. The van der Waals surface area contributed by atoms with Crippen LogP contribution in [0.4, 0.5) is 0 Å². The summed E-state index contributed by atoms with van der Waals surface area (Å²) in [5.41, 5.74) is 2.15. The standard InChI is InChI=1S/C17H16BrN3O3S2/c18-11-3-1-10(2-4-11)13-8-25-17(20-13)15-14(22)7-21(16(15)19)12-5-6-26(23,24)9-12/h1-4,8,12,19,22H,5-7,9H2/t12-/m1/s1. The molecule has 4 rings (SSSR count). The maximum atomic E-state index is 11.7. The summed E-state index contributed by atoms with van der Waals surface area (Å²) in [5, 5.41) is 21.3. The van der Waals surface area contributed by atoms with E-state index in [4.69, 9.17) is 5.41 Å². The SMILES string of the molecule is N=C1C(c2nc(-c3ccc(Br)cc3)cs2)=C(O)CN1[C@@H]1CCS(=O)(=O)C1. The summed E-state index contributed by atoms with van der Waals surface area (Å²) < 4.78 is 24.5. The Morgan fingerprint density at radius 2 is 2.04 bits per heavy atom. The molecule has 1 fully saturated rings. The molecule has 0 unspecified atom stereocenters. The third-order valence-corrected chi connectivity index (χ3v) is 7.78. The lowest BCUT2D eigenvalue weighted by molar-refractivity contribution is 0.309. The number of nitrogens with one attached hydrogen (secondary N) is 1. The smallest absolute Gasteiger partial charge is 0.152 e. The topological polar surface area (TPSA) is 94.3 Å². The first-order chi connectivity index (χ1) is 12.3. The first kappa shape index (κ1) is 17.7. The van der Waals surface area contributed by atoms with Crippen LogP contribution < -0.4 is 0 Å². The second-order valence-electron chi connectivity index (χ2n) is 6.40. The van der Waals surface area contributed by atoms with Gasteiger partial charge in [-0.05, 0) is 18.6 Å². The molecule has 0 radical (unpaired) electrons. The second-order valence-corrected chi connectivity index (χ2v) is 10.4. The van der Waals surface area contributed by atoms with E-state index in [1.165, 1.54) is 11.3 Å². The van der Waals surface area contributed by atoms with Gasteiger partial charge in [-0.2, -0.15) is 0 Å². The van der Waals surface area contributed by atoms with Crippen LogP contribution in [0.2, 0.25) is 0 Å².